The molecule has 0 amide bonds. The maximum Gasteiger partial charge on any atom is 0.311 e. The number of carbonyl (C=O) groups excluding carboxylic acids is 1. The third kappa shape index (κ3) is 3.43. The fourth-order valence-electron chi connectivity index (χ4n) is 5.40. The zero-order chi connectivity index (χ0) is 21.5. The molecule has 6 rings (SSSR count). The van der Waals surface area contributed by atoms with Gasteiger partial charge in [0.25, 0.3) is 0 Å². The summed E-state index contributed by atoms with van der Waals surface area (Å²) in [5.41, 5.74) is 2.92. The molecule has 3 heterocycles. The SMILES string of the molecule is CCOC(=O)[C@H]1C2CCC(CC2)[C@@H]1Nc1nc(-c2c[nH]c3ncncc23)c(C)cc1F. The lowest BCUT2D eigenvalue weighted by molar-refractivity contribution is -0.154. The van der Waals surface area contributed by atoms with Crippen LogP contribution in [0.3, 0.4) is 0 Å². The van der Waals surface area contributed by atoms with Gasteiger partial charge in [0.15, 0.2) is 11.6 Å². The van der Waals surface area contributed by atoms with Crippen LogP contribution in [0.5, 0.6) is 0 Å². The van der Waals surface area contributed by atoms with Crippen LogP contribution in [0, 0.1) is 30.5 Å². The molecule has 0 unspecified atom stereocenters. The van der Waals surface area contributed by atoms with Crippen molar-refractivity contribution in [2.24, 2.45) is 17.8 Å². The first-order valence-corrected chi connectivity index (χ1v) is 10.9. The second-order valence-corrected chi connectivity index (χ2v) is 8.59. The number of carbonyl (C=O) groups is 1. The van der Waals surface area contributed by atoms with E-state index in [1.807, 2.05) is 20.0 Å². The van der Waals surface area contributed by atoms with Crippen LogP contribution in [0.4, 0.5) is 10.2 Å². The lowest BCUT2D eigenvalue weighted by Gasteiger charge is -2.47. The minimum Gasteiger partial charge on any atom is -0.466 e. The van der Waals surface area contributed by atoms with Gasteiger partial charge in [-0.25, -0.2) is 19.3 Å². The minimum absolute atomic E-state index is 0.171. The summed E-state index contributed by atoms with van der Waals surface area (Å²) in [7, 11) is 0. The number of hydrogen-bond donors (Lipinski definition) is 2. The van der Waals surface area contributed by atoms with Crippen LogP contribution in [0.25, 0.3) is 22.3 Å². The molecule has 0 aliphatic heterocycles. The molecule has 31 heavy (non-hydrogen) atoms. The van der Waals surface area contributed by atoms with E-state index >= 15 is 0 Å². The van der Waals surface area contributed by atoms with E-state index in [0.717, 1.165) is 42.2 Å². The van der Waals surface area contributed by atoms with E-state index in [0.29, 0.717) is 23.9 Å². The fourth-order valence-corrected chi connectivity index (χ4v) is 5.40. The Morgan fingerprint density at radius 3 is 2.84 bits per heavy atom. The highest BCUT2D eigenvalue weighted by Gasteiger charge is 2.48. The molecule has 3 aliphatic rings. The molecule has 0 spiro atoms. The number of pyridine rings is 1. The van der Waals surface area contributed by atoms with Gasteiger partial charge < -0.3 is 15.0 Å². The van der Waals surface area contributed by atoms with Crippen LogP contribution in [0.1, 0.15) is 38.2 Å². The number of halogens is 1. The Bertz CT molecular complexity index is 1120. The van der Waals surface area contributed by atoms with Crippen molar-refractivity contribution in [1.82, 2.24) is 19.9 Å². The molecule has 2 bridgehead atoms. The molecular formula is C23H26FN5O2. The molecule has 3 saturated carbocycles. The second-order valence-electron chi connectivity index (χ2n) is 8.59. The Balaban J connectivity index is 1.52. The van der Waals surface area contributed by atoms with E-state index in [1.165, 1.54) is 12.4 Å². The monoisotopic (exact) mass is 423 g/mol. The molecule has 162 valence electrons. The average Bonchev–Trinajstić information content (AvgIpc) is 3.20. The largest absolute Gasteiger partial charge is 0.466 e. The summed E-state index contributed by atoms with van der Waals surface area (Å²) in [6, 6.07) is 1.32. The second kappa shape index (κ2) is 7.90. The lowest BCUT2D eigenvalue weighted by Crippen LogP contribution is -2.52. The standard InChI is InChI=1S/C23H26FN5O2/c1-3-31-23(30)18-13-4-6-14(7-5-13)20(18)29-22-17(24)8-12(2)19(28-22)15-10-26-21-16(15)9-25-11-27-21/h8-11,13-14,18,20H,3-7H2,1-2H3,(H,28,29)(H,25,26,27)/t13?,14?,18-,20-/m0/s1. The first-order chi connectivity index (χ1) is 15.1. The molecule has 3 fully saturated rings. The number of nitrogens with one attached hydrogen (secondary N) is 2. The van der Waals surface area contributed by atoms with Crippen molar-refractivity contribution < 1.29 is 13.9 Å². The molecule has 0 aromatic carbocycles. The first kappa shape index (κ1) is 19.9. The first-order valence-electron chi connectivity index (χ1n) is 10.9. The minimum atomic E-state index is -0.415. The van der Waals surface area contributed by atoms with Gasteiger partial charge in [0.05, 0.1) is 18.2 Å². The third-order valence-corrected chi connectivity index (χ3v) is 6.86. The summed E-state index contributed by atoms with van der Waals surface area (Å²) in [5, 5.41) is 4.15. The molecule has 3 aromatic heterocycles. The van der Waals surface area contributed by atoms with Crippen LogP contribution in [0.15, 0.2) is 24.8 Å². The van der Waals surface area contributed by atoms with E-state index < -0.39 is 5.82 Å². The van der Waals surface area contributed by atoms with Crippen LogP contribution in [0.2, 0.25) is 0 Å². The van der Waals surface area contributed by atoms with Crippen LogP contribution in [-0.4, -0.2) is 38.6 Å². The number of nitrogens with zero attached hydrogens (tertiary/aromatic N) is 3. The number of esters is 1. The Morgan fingerprint density at radius 1 is 1.29 bits per heavy atom. The van der Waals surface area contributed by atoms with Crippen LogP contribution in [-0.2, 0) is 9.53 Å². The molecule has 7 nitrogen and oxygen atoms in total. The number of fused-ring (bicyclic) bond motifs is 4. The van der Waals surface area contributed by atoms with Gasteiger partial charge in [0, 0.05) is 29.4 Å². The number of ether oxygens (including phenoxy) is 1. The highest BCUT2D eigenvalue weighted by atomic mass is 19.1. The molecule has 0 radical (unpaired) electrons. The smallest absolute Gasteiger partial charge is 0.311 e. The maximum absolute atomic E-state index is 15.0. The Kier molecular flexibility index (Phi) is 5.08. The summed E-state index contributed by atoms with van der Waals surface area (Å²) in [5.74, 6) is -0.0944. The van der Waals surface area contributed by atoms with Crippen molar-refractivity contribution in [1.29, 1.82) is 0 Å². The molecule has 0 saturated heterocycles. The van der Waals surface area contributed by atoms with Crippen molar-refractivity contribution >= 4 is 22.8 Å². The summed E-state index contributed by atoms with van der Waals surface area (Å²) in [4.78, 5) is 28.9. The number of anilines is 1. The summed E-state index contributed by atoms with van der Waals surface area (Å²) in [6.45, 7) is 4.00. The number of rotatable bonds is 5. The van der Waals surface area contributed by atoms with Gasteiger partial charge in [-0.05, 0) is 63.0 Å². The van der Waals surface area contributed by atoms with Crippen molar-refractivity contribution in [3.05, 3.63) is 36.2 Å². The van der Waals surface area contributed by atoms with E-state index in [4.69, 9.17) is 4.74 Å². The quantitative estimate of drug-likeness (QED) is 0.596. The van der Waals surface area contributed by atoms with E-state index in [1.54, 1.807) is 6.20 Å². The predicted molar refractivity (Wildman–Crippen MR) is 115 cm³/mol. The summed E-state index contributed by atoms with van der Waals surface area (Å²) >= 11 is 0. The third-order valence-electron chi connectivity index (χ3n) is 6.86. The number of H-pyrrole nitrogens is 1. The molecule has 2 atom stereocenters. The molecule has 3 aliphatic carbocycles. The molecule has 2 N–H and O–H groups in total. The van der Waals surface area contributed by atoms with Gasteiger partial charge in [0.2, 0.25) is 0 Å². The lowest BCUT2D eigenvalue weighted by atomic mass is 9.61. The predicted octanol–water partition coefficient (Wildman–Crippen LogP) is 4.25. The van der Waals surface area contributed by atoms with Gasteiger partial charge in [-0.2, -0.15) is 0 Å². The van der Waals surface area contributed by atoms with Gasteiger partial charge in [-0.15, -0.1) is 0 Å². The van der Waals surface area contributed by atoms with E-state index in [2.05, 4.69) is 25.3 Å². The normalized spacial score (nSPS) is 25.0. The zero-order valence-electron chi connectivity index (χ0n) is 17.7. The Labute approximate surface area is 179 Å². The summed E-state index contributed by atoms with van der Waals surface area (Å²) < 4.78 is 20.4. The van der Waals surface area contributed by atoms with Crippen LogP contribution >= 0.6 is 0 Å². The molecule has 3 aromatic rings. The fraction of sp³-hybridized carbons (Fsp3) is 0.478. The topological polar surface area (TPSA) is 92.8 Å². The number of aryl methyl sites for hydroxylation is 1. The number of hydrogen-bond acceptors (Lipinski definition) is 6. The number of aromatic amines is 1. The molecule has 8 heteroatoms. The van der Waals surface area contributed by atoms with Gasteiger partial charge >= 0.3 is 5.97 Å². The van der Waals surface area contributed by atoms with Crippen LogP contribution < -0.4 is 5.32 Å². The van der Waals surface area contributed by atoms with Crippen molar-refractivity contribution in [2.75, 3.05) is 11.9 Å². The zero-order valence-corrected chi connectivity index (χ0v) is 17.7. The molecular weight excluding hydrogens is 397 g/mol. The number of aromatic nitrogens is 4. The van der Waals surface area contributed by atoms with E-state index in [9.17, 15) is 9.18 Å². The van der Waals surface area contributed by atoms with Crippen molar-refractivity contribution in [3.63, 3.8) is 0 Å². The summed E-state index contributed by atoms with van der Waals surface area (Å²) in [6.07, 6.45) is 9.15. The highest BCUT2D eigenvalue weighted by Crippen LogP contribution is 2.47. The Morgan fingerprint density at radius 2 is 2.06 bits per heavy atom. The van der Waals surface area contributed by atoms with Crippen molar-refractivity contribution in [3.8, 4) is 11.3 Å². The highest BCUT2D eigenvalue weighted by molar-refractivity contribution is 5.92. The average molecular weight is 423 g/mol. The Hall–Kier alpha value is -3.03. The van der Waals surface area contributed by atoms with Gasteiger partial charge in [-0.1, -0.05) is 0 Å². The van der Waals surface area contributed by atoms with Gasteiger partial charge in [0.1, 0.15) is 12.0 Å². The van der Waals surface area contributed by atoms with Crippen molar-refractivity contribution in [2.45, 2.75) is 45.6 Å². The van der Waals surface area contributed by atoms with E-state index in [-0.39, 0.29) is 29.7 Å². The maximum atomic E-state index is 15.0. The van der Waals surface area contributed by atoms with Gasteiger partial charge in [-0.3, -0.25) is 4.79 Å².